The molecule has 0 unspecified atom stereocenters. The zero-order valence-electron chi connectivity index (χ0n) is 20.7. The van der Waals surface area contributed by atoms with Gasteiger partial charge in [0.1, 0.15) is 0 Å². The van der Waals surface area contributed by atoms with E-state index >= 15 is 0 Å². The van der Waals surface area contributed by atoms with Crippen molar-refractivity contribution in [3.05, 3.63) is 103 Å². The van der Waals surface area contributed by atoms with Crippen molar-refractivity contribution in [1.29, 1.82) is 0 Å². The molecule has 34 heavy (non-hydrogen) atoms. The minimum absolute atomic E-state index is 1.25. The topological polar surface area (TPSA) is 0 Å². The van der Waals surface area contributed by atoms with Gasteiger partial charge in [-0.25, -0.2) is 0 Å². The summed E-state index contributed by atoms with van der Waals surface area (Å²) in [6, 6.07) is 17.5. The maximum Gasteiger partial charge on any atom is 0.0390 e. The Balaban J connectivity index is 1.59. The van der Waals surface area contributed by atoms with Crippen molar-refractivity contribution in [3.63, 3.8) is 0 Å². The van der Waals surface area contributed by atoms with Crippen molar-refractivity contribution < 1.29 is 0 Å². The van der Waals surface area contributed by atoms with Gasteiger partial charge in [-0.2, -0.15) is 0 Å². The summed E-state index contributed by atoms with van der Waals surface area (Å²) in [4.78, 5) is 2.72. The molecule has 0 radical (unpaired) electrons. The molecule has 0 aliphatic carbocycles. The molecule has 5 aromatic rings. The first-order valence-corrected chi connectivity index (χ1v) is 13.4. The summed E-state index contributed by atoms with van der Waals surface area (Å²) in [5.41, 5.74) is 10.7. The molecule has 0 amide bonds. The molecule has 0 saturated carbocycles. The van der Waals surface area contributed by atoms with E-state index in [-0.39, 0.29) is 0 Å². The lowest BCUT2D eigenvalue weighted by atomic mass is 9.98. The second kappa shape index (κ2) is 9.02. The molecule has 3 aromatic carbocycles. The molecule has 2 heterocycles. The number of hydrogen-bond donors (Lipinski definition) is 0. The first-order chi connectivity index (χ1) is 16.3. The quantitative estimate of drug-likeness (QED) is 0.241. The lowest BCUT2D eigenvalue weighted by molar-refractivity contribution is 1.46. The molecule has 0 bridgehead atoms. The third kappa shape index (κ3) is 4.06. The summed E-state index contributed by atoms with van der Waals surface area (Å²) >= 11 is 3.86. The van der Waals surface area contributed by atoms with E-state index in [1.165, 1.54) is 74.4 Å². The van der Waals surface area contributed by atoms with Crippen molar-refractivity contribution >= 4 is 67.1 Å². The molecule has 0 fully saturated rings. The van der Waals surface area contributed by atoms with Crippen LogP contribution in [-0.2, 0) is 0 Å². The first-order valence-electron chi connectivity index (χ1n) is 11.8. The van der Waals surface area contributed by atoms with E-state index in [1.807, 2.05) is 22.7 Å². The van der Waals surface area contributed by atoms with Crippen LogP contribution in [0.1, 0.15) is 54.3 Å². The van der Waals surface area contributed by atoms with E-state index in [4.69, 9.17) is 0 Å². The van der Waals surface area contributed by atoms with E-state index in [9.17, 15) is 0 Å². The van der Waals surface area contributed by atoms with Gasteiger partial charge in [0, 0.05) is 29.9 Å². The summed E-state index contributed by atoms with van der Waals surface area (Å²) in [6.07, 6.45) is 9.06. The Hall–Kier alpha value is -2.94. The highest BCUT2D eigenvalue weighted by Crippen LogP contribution is 2.45. The molecule has 2 aromatic heterocycles. The third-order valence-corrected chi connectivity index (χ3v) is 9.56. The second-order valence-corrected chi connectivity index (χ2v) is 11.4. The zero-order valence-corrected chi connectivity index (χ0v) is 22.4. The molecule has 170 valence electrons. The molecule has 0 nitrogen and oxygen atoms in total. The first kappa shape index (κ1) is 22.8. The molecule has 0 aliphatic rings. The number of fused-ring (bicyclic) bond motifs is 2. The summed E-state index contributed by atoms with van der Waals surface area (Å²) < 4.78 is 2.86. The Kier molecular flexibility index (Phi) is 6.06. The number of rotatable bonds is 4. The zero-order chi connectivity index (χ0) is 24.0. The molecule has 0 N–H and O–H groups in total. The van der Waals surface area contributed by atoms with Crippen LogP contribution in [0.25, 0.3) is 44.5 Å². The van der Waals surface area contributed by atoms with E-state index in [0.717, 1.165) is 0 Å². The SMILES string of the molecule is Cc1ccc(C=Cc2sc3c(C)c4c(C)c(C=Cc5ccc(C)cc5)sc4c(C)c3c2C)cc1. The van der Waals surface area contributed by atoms with E-state index < -0.39 is 0 Å². The van der Waals surface area contributed by atoms with Gasteiger partial charge in [-0.15, -0.1) is 22.7 Å². The van der Waals surface area contributed by atoms with Crippen LogP contribution >= 0.6 is 22.7 Å². The smallest absolute Gasteiger partial charge is 0.0390 e. The lowest BCUT2D eigenvalue weighted by Crippen LogP contribution is -1.84. The predicted octanol–water partition coefficient (Wildman–Crippen LogP) is 10.3. The minimum Gasteiger partial charge on any atom is -0.135 e. The largest absolute Gasteiger partial charge is 0.135 e. The fourth-order valence-electron chi connectivity index (χ4n) is 4.74. The highest BCUT2D eigenvalue weighted by molar-refractivity contribution is 7.22. The Morgan fingerprint density at radius 2 is 0.794 bits per heavy atom. The van der Waals surface area contributed by atoms with Crippen molar-refractivity contribution in [1.82, 2.24) is 0 Å². The third-order valence-electron chi connectivity index (χ3n) is 6.81. The number of thiophene rings is 2. The predicted molar refractivity (Wildman–Crippen MR) is 156 cm³/mol. The van der Waals surface area contributed by atoms with Gasteiger partial charge in [0.25, 0.3) is 0 Å². The van der Waals surface area contributed by atoms with E-state index in [2.05, 4.69) is 114 Å². The molecule has 0 spiro atoms. The van der Waals surface area contributed by atoms with Crippen LogP contribution < -0.4 is 0 Å². The molecular formula is C32H30S2. The minimum atomic E-state index is 1.25. The summed E-state index contributed by atoms with van der Waals surface area (Å²) in [7, 11) is 0. The van der Waals surface area contributed by atoms with Gasteiger partial charge in [-0.1, -0.05) is 71.8 Å². The van der Waals surface area contributed by atoms with Crippen LogP contribution in [0, 0.1) is 41.5 Å². The average molecular weight is 479 g/mol. The summed E-state index contributed by atoms with van der Waals surface area (Å²) in [5.74, 6) is 0. The highest BCUT2D eigenvalue weighted by Gasteiger charge is 2.19. The molecule has 0 aliphatic heterocycles. The van der Waals surface area contributed by atoms with Crippen molar-refractivity contribution in [2.75, 3.05) is 0 Å². The van der Waals surface area contributed by atoms with Crippen LogP contribution in [0.3, 0.4) is 0 Å². The van der Waals surface area contributed by atoms with Gasteiger partial charge in [-0.3, -0.25) is 0 Å². The Morgan fingerprint density at radius 1 is 0.441 bits per heavy atom. The van der Waals surface area contributed by atoms with Crippen molar-refractivity contribution in [3.8, 4) is 0 Å². The van der Waals surface area contributed by atoms with Gasteiger partial charge < -0.3 is 0 Å². The fourth-order valence-corrected chi connectivity index (χ4v) is 7.29. The van der Waals surface area contributed by atoms with Crippen LogP contribution in [0.4, 0.5) is 0 Å². The Morgan fingerprint density at radius 3 is 1.15 bits per heavy atom. The molecule has 0 saturated heterocycles. The van der Waals surface area contributed by atoms with Gasteiger partial charge in [0.2, 0.25) is 0 Å². The molecular weight excluding hydrogens is 448 g/mol. The standard InChI is InChI=1S/C32H30S2/c1-19-7-11-25(12-8-19)15-17-27-21(3)29-23(5)32-30(24(6)31(29)33-27)22(4)28(34-32)18-16-26-13-9-20(2)10-14-26/h7-18H,1-6H3. The van der Waals surface area contributed by atoms with Crippen molar-refractivity contribution in [2.24, 2.45) is 0 Å². The molecule has 0 atom stereocenters. The number of aryl methyl sites for hydroxylation is 6. The van der Waals surface area contributed by atoms with Crippen molar-refractivity contribution in [2.45, 2.75) is 41.5 Å². The Bertz CT molecular complexity index is 1450. The monoisotopic (exact) mass is 478 g/mol. The summed E-state index contributed by atoms with van der Waals surface area (Å²) in [6.45, 7) is 13.4. The second-order valence-electron chi connectivity index (χ2n) is 9.33. The van der Waals surface area contributed by atoms with E-state index in [0.29, 0.717) is 0 Å². The lowest BCUT2D eigenvalue weighted by Gasteiger charge is -2.06. The summed E-state index contributed by atoms with van der Waals surface area (Å²) in [5, 5.41) is 2.88. The van der Waals surface area contributed by atoms with E-state index in [1.54, 1.807) is 0 Å². The van der Waals surface area contributed by atoms with Gasteiger partial charge in [0.15, 0.2) is 0 Å². The maximum atomic E-state index is 2.31. The fraction of sp³-hybridized carbons (Fsp3) is 0.188. The van der Waals surface area contributed by atoms with Crippen LogP contribution in [0.5, 0.6) is 0 Å². The van der Waals surface area contributed by atoms with Gasteiger partial charge in [0.05, 0.1) is 0 Å². The Labute approximate surface area is 210 Å². The number of hydrogen-bond acceptors (Lipinski definition) is 2. The normalized spacial score (nSPS) is 12.2. The van der Waals surface area contributed by atoms with Crippen LogP contribution in [0.15, 0.2) is 48.5 Å². The van der Waals surface area contributed by atoms with Crippen LogP contribution in [-0.4, -0.2) is 0 Å². The number of benzene rings is 3. The average Bonchev–Trinajstić information content (AvgIpc) is 3.34. The van der Waals surface area contributed by atoms with Gasteiger partial charge >= 0.3 is 0 Å². The van der Waals surface area contributed by atoms with Crippen LogP contribution in [0.2, 0.25) is 0 Å². The maximum absolute atomic E-state index is 2.31. The molecule has 2 heteroatoms. The van der Waals surface area contributed by atoms with Gasteiger partial charge in [-0.05, 0) is 87.1 Å². The molecule has 5 rings (SSSR count). The highest BCUT2D eigenvalue weighted by atomic mass is 32.1.